The Labute approximate surface area is 107 Å². The summed E-state index contributed by atoms with van der Waals surface area (Å²) in [5, 5.41) is 4.36. The Morgan fingerprint density at radius 2 is 2.11 bits per heavy atom. The Hall–Kier alpha value is -1.77. The molecule has 1 fully saturated rings. The first-order valence-electron chi connectivity index (χ1n) is 6.60. The van der Waals surface area contributed by atoms with Crippen LogP contribution < -0.4 is 4.74 Å². The van der Waals surface area contributed by atoms with Crippen LogP contribution in [0.4, 0.5) is 0 Å². The molecule has 3 heteroatoms. The average molecular weight is 242 g/mol. The summed E-state index contributed by atoms with van der Waals surface area (Å²) in [6.45, 7) is 2.09. The second kappa shape index (κ2) is 4.84. The van der Waals surface area contributed by atoms with Crippen LogP contribution >= 0.6 is 0 Å². The standard InChI is InChI=1S/C15H18N2O/c1-12-5-4-6-13(9-12)17-11-15(10-16-17)18-14-7-2-3-8-14/h4-6,9-11,14H,2-3,7-8H2,1H3. The molecular weight excluding hydrogens is 224 g/mol. The Bertz CT molecular complexity index is 527. The van der Waals surface area contributed by atoms with E-state index in [-0.39, 0.29) is 0 Å². The zero-order chi connectivity index (χ0) is 12.4. The van der Waals surface area contributed by atoms with Crippen molar-refractivity contribution in [3.63, 3.8) is 0 Å². The quantitative estimate of drug-likeness (QED) is 0.823. The van der Waals surface area contributed by atoms with Crippen molar-refractivity contribution >= 4 is 0 Å². The van der Waals surface area contributed by atoms with E-state index in [0.717, 1.165) is 11.4 Å². The van der Waals surface area contributed by atoms with Gasteiger partial charge in [-0.1, -0.05) is 12.1 Å². The third kappa shape index (κ3) is 2.40. The first-order valence-corrected chi connectivity index (χ1v) is 6.60. The van der Waals surface area contributed by atoms with Crippen LogP contribution in [0.2, 0.25) is 0 Å². The molecule has 0 bridgehead atoms. The maximum Gasteiger partial charge on any atom is 0.158 e. The minimum Gasteiger partial charge on any atom is -0.487 e. The third-order valence-electron chi connectivity index (χ3n) is 3.43. The first kappa shape index (κ1) is 11.3. The molecule has 2 aromatic rings. The van der Waals surface area contributed by atoms with Crippen molar-refractivity contribution in [1.82, 2.24) is 9.78 Å². The topological polar surface area (TPSA) is 27.1 Å². The highest BCUT2D eigenvalue weighted by Gasteiger charge is 2.17. The molecular formula is C15H18N2O. The lowest BCUT2D eigenvalue weighted by Gasteiger charge is -2.10. The van der Waals surface area contributed by atoms with Crippen molar-refractivity contribution in [1.29, 1.82) is 0 Å². The van der Waals surface area contributed by atoms with E-state index in [1.54, 1.807) is 6.20 Å². The second-order valence-electron chi connectivity index (χ2n) is 4.98. The lowest BCUT2D eigenvalue weighted by molar-refractivity contribution is 0.210. The summed E-state index contributed by atoms with van der Waals surface area (Å²) in [6.07, 6.45) is 9.09. The predicted molar refractivity (Wildman–Crippen MR) is 71.2 cm³/mol. The van der Waals surface area contributed by atoms with Gasteiger partial charge >= 0.3 is 0 Å². The molecule has 0 radical (unpaired) electrons. The van der Waals surface area contributed by atoms with Crippen molar-refractivity contribution in [3.8, 4) is 11.4 Å². The summed E-state index contributed by atoms with van der Waals surface area (Å²) >= 11 is 0. The van der Waals surface area contributed by atoms with E-state index in [9.17, 15) is 0 Å². The molecule has 1 aliphatic rings. The van der Waals surface area contributed by atoms with Gasteiger partial charge in [0.25, 0.3) is 0 Å². The first-order chi connectivity index (χ1) is 8.81. The molecule has 94 valence electrons. The molecule has 1 aliphatic carbocycles. The molecule has 3 rings (SSSR count). The zero-order valence-corrected chi connectivity index (χ0v) is 10.7. The molecule has 0 unspecified atom stereocenters. The normalized spacial score (nSPS) is 16.1. The summed E-state index contributed by atoms with van der Waals surface area (Å²) in [5.41, 5.74) is 2.32. The number of hydrogen-bond acceptors (Lipinski definition) is 2. The van der Waals surface area contributed by atoms with Crippen LogP contribution in [0.5, 0.6) is 5.75 Å². The molecule has 0 atom stereocenters. The lowest BCUT2D eigenvalue weighted by atomic mass is 10.2. The summed E-state index contributed by atoms with van der Waals surface area (Å²) < 4.78 is 7.80. The molecule has 1 aromatic heterocycles. The largest absolute Gasteiger partial charge is 0.487 e. The maximum absolute atomic E-state index is 5.92. The van der Waals surface area contributed by atoms with Gasteiger partial charge in [0, 0.05) is 0 Å². The lowest BCUT2D eigenvalue weighted by Crippen LogP contribution is -2.10. The van der Waals surface area contributed by atoms with Crippen LogP contribution in [0.25, 0.3) is 5.69 Å². The number of aryl methyl sites for hydroxylation is 1. The molecule has 0 N–H and O–H groups in total. The van der Waals surface area contributed by atoms with Crippen molar-refractivity contribution in [2.75, 3.05) is 0 Å². The number of hydrogen-bond donors (Lipinski definition) is 0. The van der Waals surface area contributed by atoms with Crippen LogP contribution in [-0.4, -0.2) is 15.9 Å². The van der Waals surface area contributed by atoms with E-state index in [4.69, 9.17) is 4.74 Å². The number of nitrogens with zero attached hydrogens (tertiary/aromatic N) is 2. The average Bonchev–Trinajstić information content (AvgIpc) is 3.01. The number of rotatable bonds is 3. The Morgan fingerprint density at radius 3 is 2.89 bits per heavy atom. The minimum atomic E-state index is 0.389. The molecule has 1 saturated carbocycles. The van der Waals surface area contributed by atoms with Crippen molar-refractivity contribution in [2.24, 2.45) is 0 Å². The number of ether oxygens (including phenoxy) is 1. The van der Waals surface area contributed by atoms with Crippen LogP contribution in [0.15, 0.2) is 36.7 Å². The van der Waals surface area contributed by atoms with Gasteiger partial charge < -0.3 is 4.74 Å². The Kier molecular flexibility index (Phi) is 3.05. The summed E-state index contributed by atoms with van der Waals surface area (Å²) in [6, 6.07) is 8.30. The monoisotopic (exact) mass is 242 g/mol. The molecule has 1 heterocycles. The SMILES string of the molecule is Cc1cccc(-n2cc(OC3CCCC3)cn2)c1. The van der Waals surface area contributed by atoms with E-state index >= 15 is 0 Å². The van der Waals surface area contributed by atoms with E-state index in [2.05, 4.69) is 30.2 Å². The van der Waals surface area contributed by atoms with Gasteiger partial charge in [-0.3, -0.25) is 0 Å². The fraction of sp³-hybridized carbons (Fsp3) is 0.400. The Balaban J connectivity index is 1.76. The minimum absolute atomic E-state index is 0.389. The fourth-order valence-electron chi connectivity index (χ4n) is 2.48. The fourth-order valence-corrected chi connectivity index (χ4v) is 2.48. The molecule has 1 aromatic carbocycles. The molecule has 0 saturated heterocycles. The van der Waals surface area contributed by atoms with E-state index in [0.29, 0.717) is 6.10 Å². The van der Waals surface area contributed by atoms with E-state index in [1.807, 2.05) is 16.9 Å². The van der Waals surface area contributed by atoms with Crippen LogP contribution in [0.3, 0.4) is 0 Å². The molecule has 0 amide bonds. The molecule has 0 spiro atoms. The van der Waals surface area contributed by atoms with Crippen LogP contribution in [0, 0.1) is 6.92 Å². The number of aromatic nitrogens is 2. The summed E-state index contributed by atoms with van der Waals surface area (Å²) in [4.78, 5) is 0. The van der Waals surface area contributed by atoms with Crippen molar-refractivity contribution in [3.05, 3.63) is 42.2 Å². The van der Waals surface area contributed by atoms with E-state index < -0.39 is 0 Å². The maximum atomic E-state index is 5.92. The summed E-state index contributed by atoms with van der Waals surface area (Å²) in [7, 11) is 0. The zero-order valence-electron chi connectivity index (χ0n) is 10.7. The van der Waals surface area contributed by atoms with Gasteiger partial charge in [0.15, 0.2) is 5.75 Å². The molecule has 3 nitrogen and oxygen atoms in total. The number of benzene rings is 1. The van der Waals surface area contributed by atoms with E-state index in [1.165, 1.54) is 31.2 Å². The molecule has 0 aliphatic heterocycles. The smallest absolute Gasteiger partial charge is 0.158 e. The van der Waals surface area contributed by atoms with Crippen molar-refractivity contribution < 1.29 is 4.74 Å². The third-order valence-corrected chi connectivity index (χ3v) is 3.43. The van der Waals surface area contributed by atoms with Gasteiger partial charge in [-0.05, 0) is 50.3 Å². The highest BCUT2D eigenvalue weighted by Crippen LogP contribution is 2.24. The van der Waals surface area contributed by atoms with Gasteiger partial charge in [-0.15, -0.1) is 0 Å². The van der Waals surface area contributed by atoms with Gasteiger partial charge in [-0.25, -0.2) is 4.68 Å². The molecule has 18 heavy (non-hydrogen) atoms. The Morgan fingerprint density at radius 1 is 1.28 bits per heavy atom. The van der Waals surface area contributed by atoms with Crippen LogP contribution in [-0.2, 0) is 0 Å². The van der Waals surface area contributed by atoms with Crippen molar-refractivity contribution in [2.45, 2.75) is 38.7 Å². The predicted octanol–water partition coefficient (Wildman–Crippen LogP) is 3.50. The summed E-state index contributed by atoms with van der Waals surface area (Å²) in [5.74, 6) is 0.878. The van der Waals surface area contributed by atoms with Gasteiger partial charge in [0.1, 0.15) is 0 Å². The van der Waals surface area contributed by atoms with Gasteiger partial charge in [0.2, 0.25) is 0 Å². The highest BCUT2D eigenvalue weighted by molar-refractivity contribution is 5.35. The van der Waals surface area contributed by atoms with Gasteiger partial charge in [0.05, 0.1) is 24.2 Å². The van der Waals surface area contributed by atoms with Gasteiger partial charge in [-0.2, -0.15) is 5.10 Å². The van der Waals surface area contributed by atoms with Crippen LogP contribution in [0.1, 0.15) is 31.2 Å². The second-order valence-corrected chi connectivity index (χ2v) is 4.98. The highest BCUT2D eigenvalue weighted by atomic mass is 16.5.